The normalized spacial score (nSPS) is 11.3. The standard InChI is InChI=1S/C16H17NO2/c1-16(2,15(18)19)14-7-3-5-12(10-14)9-13-6-4-8-17-11-13/h3-8,10-11H,9H2,1-2H3,(H,18,19). The molecule has 19 heavy (non-hydrogen) atoms. The minimum atomic E-state index is -0.870. The van der Waals surface area contributed by atoms with Crippen LogP contribution in [0.5, 0.6) is 0 Å². The fourth-order valence-electron chi connectivity index (χ4n) is 1.93. The maximum absolute atomic E-state index is 11.3. The molecule has 0 fully saturated rings. The smallest absolute Gasteiger partial charge is 0.313 e. The van der Waals surface area contributed by atoms with Crippen LogP contribution in [0.2, 0.25) is 0 Å². The van der Waals surface area contributed by atoms with Crippen molar-refractivity contribution in [2.75, 3.05) is 0 Å². The first-order chi connectivity index (χ1) is 9.00. The molecule has 0 aliphatic carbocycles. The fraction of sp³-hybridized carbons (Fsp3) is 0.250. The zero-order chi connectivity index (χ0) is 13.9. The lowest BCUT2D eigenvalue weighted by Gasteiger charge is -2.20. The van der Waals surface area contributed by atoms with E-state index in [4.69, 9.17) is 0 Å². The molecule has 2 aromatic rings. The van der Waals surface area contributed by atoms with Gasteiger partial charge in [0.05, 0.1) is 5.41 Å². The van der Waals surface area contributed by atoms with E-state index >= 15 is 0 Å². The van der Waals surface area contributed by atoms with Crippen LogP contribution in [0.25, 0.3) is 0 Å². The average Bonchev–Trinajstić information content (AvgIpc) is 2.40. The zero-order valence-electron chi connectivity index (χ0n) is 11.1. The van der Waals surface area contributed by atoms with Crippen LogP contribution in [0.15, 0.2) is 48.8 Å². The van der Waals surface area contributed by atoms with Crippen molar-refractivity contribution < 1.29 is 9.90 Å². The highest BCUT2D eigenvalue weighted by Crippen LogP contribution is 2.24. The molecule has 0 spiro atoms. The van der Waals surface area contributed by atoms with Crippen LogP contribution in [-0.4, -0.2) is 16.1 Å². The summed E-state index contributed by atoms with van der Waals surface area (Å²) < 4.78 is 0. The molecule has 0 atom stereocenters. The number of carboxylic acid groups (broad SMARTS) is 1. The highest BCUT2D eigenvalue weighted by atomic mass is 16.4. The molecule has 1 heterocycles. The lowest BCUT2D eigenvalue weighted by molar-refractivity contribution is -0.142. The number of rotatable bonds is 4. The van der Waals surface area contributed by atoms with Gasteiger partial charge in [-0.15, -0.1) is 0 Å². The Hall–Kier alpha value is -2.16. The topological polar surface area (TPSA) is 50.2 Å². The first-order valence-corrected chi connectivity index (χ1v) is 6.22. The Morgan fingerprint density at radius 3 is 2.58 bits per heavy atom. The van der Waals surface area contributed by atoms with Gasteiger partial charge in [-0.1, -0.05) is 30.3 Å². The van der Waals surface area contributed by atoms with Crippen molar-refractivity contribution in [3.63, 3.8) is 0 Å². The summed E-state index contributed by atoms with van der Waals surface area (Å²) in [6, 6.07) is 11.7. The van der Waals surface area contributed by atoms with E-state index in [1.165, 1.54) is 0 Å². The molecule has 2 rings (SSSR count). The predicted octanol–water partition coefficient (Wildman–Crippen LogP) is 3.03. The summed E-state index contributed by atoms with van der Waals surface area (Å²) in [6.45, 7) is 3.44. The van der Waals surface area contributed by atoms with Crippen LogP contribution in [0, 0.1) is 0 Å². The Balaban J connectivity index is 2.28. The third kappa shape index (κ3) is 2.99. The van der Waals surface area contributed by atoms with Crippen LogP contribution in [-0.2, 0) is 16.6 Å². The van der Waals surface area contributed by atoms with Gasteiger partial charge in [-0.3, -0.25) is 9.78 Å². The summed E-state index contributed by atoms with van der Waals surface area (Å²) in [5.74, 6) is -0.814. The van der Waals surface area contributed by atoms with Gasteiger partial charge in [-0.05, 0) is 43.0 Å². The Morgan fingerprint density at radius 1 is 1.21 bits per heavy atom. The van der Waals surface area contributed by atoms with E-state index < -0.39 is 11.4 Å². The van der Waals surface area contributed by atoms with Crippen molar-refractivity contribution in [2.24, 2.45) is 0 Å². The summed E-state index contributed by atoms with van der Waals surface area (Å²) in [6.07, 6.45) is 4.33. The van der Waals surface area contributed by atoms with Gasteiger partial charge in [-0.25, -0.2) is 0 Å². The summed E-state index contributed by atoms with van der Waals surface area (Å²) >= 11 is 0. The number of carbonyl (C=O) groups is 1. The minimum Gasteiger partial charge on any atom is -0.481 e. The molecule has 1 N–H and O–H groups in total. The van der Waals surface area contributed by atoms with Crippen molar-refractivity contribution in [1.82, 2.24) is 4.98 Å². The van der Waals surface area contributed by atoms with Crippen molar-refractivity contribution in [3.05, 3.63) is 65.5 Å². The van der Waals surface area contributed by atoms with Gasteiger partial charge in [0.15, 0.2) is 0 Å². The van der Waals surface area contributed by atoms with Crippen molar-refractivity contribution in [2.45, 2.75) is 25.7 Å². The van der Waals surface area contributed by atoms with Crippen LogP contribution in [0.1, 0.15) is 30.5 Å². The molecule has 0 amide bonds. The second-order valence-electron chi connectivity index (χ2n) is 5.17. The molecule has 3 heteroatoms. The maximum Gasteiger partial charge on any atom is 0.313 e. The van der Waals surface area contributed by atoms with Gasteiger partial charge in [-0.2, -0.15) is 0 Å². The lowest BCUT2D eigenvalue weighted by Crippen LogP contribution is -2.28. The van der Waals surface area contributed by atoms with E-state index in [2.05, 4.69) is 4.98 Å². The molecule has 0 saturated carbocycles. The number of nitrogens with zero attached hydrogens (tertiary/aromatic N) is 1. The third-order valence-electron chi connectivity index (χ3n) is 3.31. The quantitative estimate of drug-likeness (QED) is 0.913. The van der Waals surface area contributed by atoms with Gasteiger partial charge in [0.25, 0.3) is 0 Å². The largest absolute Gasteiger partial charge is 0.481 e. The first kappa shape index (κ1) is 13.3. The number of aliphatic carboxylic acids is 1. The number of pyridine rings is 1. The molecular weight excluding hydrogens is 238 g/mol. The van der Waals surface area contributed by atoms with Crippen LogP contribution < -0.4 is 0 Å². The summed E-state index contributed by atoms with van der Waals surface area (Å²) in [7, 11) is 0. The van der Waals surface area contributed by atoms with Crippen LogP contribution in [0.4, 0.5) is 0 Å². The van der Waals surface area contributed by atoms with Crippen molar-refractivity contribution >= 4 is 5.97 Å². The SMILES string of the molecule is CC(C)(C(=O)O)c1cccc(Cc2cccnc2)c1. The predicted molar refractivity (Wildman–Crippen MR) is 74.1 cm³/mol. The number of hydrogen-bond acceptors (Lipinski definition) is 2. The highest BCUT2D eigenvalue weighted by Gasteiger charge is 2.29. The fourth-order valence-corrected chi connectivity index (χ4v) is 1.93. The molecular formula is C16H17NO2. The monoisotopic (exact) mass is 255 g/mol. The average molecular weight is 255 g/mol. The van der Waals surface area contributed by atoms with E-state index in [1.54, 1.807) is 20.0 Å². The van der Waals surface area contributed by atoms with Crippen LogP contribution >= 0.6 is 0 Å². The Morgan fingerprint density at radius 2 is 1.95 bits per heavy atom. The van der Waals surface area contributed by atoms with E-state index in [0.29, 0.717) is 0 Å². The van der Waals surface area contributed by atoms with E-state index in [1.807, 2.05) is 42.6 Å². The lowest BCUT2D eigenvalue weighted by atomic mass is 9.83. The third-order valence-corrected chi connectivity index (χ3v) is 3.31. The second kappa shape index (κ2) is 5.22. The molecule has 0 radical (unpaired) electrons. The number of hydrogen-bond donors (Lipinski definition) is 1. The van der Waals surface area contributed by atoms with Gasteiger partial charge >= 0.3 is 5.97 Å². The molecule has 1 aromatic carbocycles. The van der Waals surface area contributed by atoms with Crippen molar-refractivity contribution in [3.8, 4) is 0 Å². The molecule has 0 bridgehead atoms. The summed E-state index contributed by atoms with van der Waals surface area (Å²) in [5.41, 5.74) is 2.17. The Labute approximate surface area is 112 Å². The number of carboxylic acids is 1. The number of benzene rings is 1. The van der Waals surface area contributed by atoms with Gasteiger partial charge in [0, 0.05) is 12.4 Å². The molecule has 98 valence electrons. The van der Waals surface area contributed by atoms with E-state index in [0.717, 1.165) is 23.1 Å². The summed E-state index contributed by atoms with van der Waals surface area (Å²) in [5, 5.41) is 9.27. The van der Waals surface area contributed by atoms with Crippen molar-refractivity contribution in [1.29, 1.82) is 0 Å². The first-order valence-electron chi connectivity index (χ1n) is 6.22. The summed E-state index contributed by atoms with van der Waals surface area (Å²) in [4.78, 5) is 15.4. The second-order valence-corrected chi connectivity index (χ2v) is 5.17. The maximum atomic E-state index is 11.3. The van der Waals surface area contributed by atoms with Crippen LogP contribution in [0.3, 0.4) is 0 Å². The molecule has 3 nitrogen and oxygen atoms in total. The van der Waals surface area contributed by atoms with Gasteiger partial charge in [0.1, 0.15) is 0 Å². The highest BCUT2D eigenvalue weighted by molar-refractivity contribution is 5.80. The van der Waals surface area contributed by atoms with Gasteiger partial charge < -0.3 is 5.11 Å². The Bertz CT molecular complexity index is 576. The molecule has 0 aliphatic heterocycles. The van der Waals surface area contributed by atoms with E-state index in [9.17, 15) is 9.90 Å². The number of aromatic nitrogens is 1. The molecule has 1 aromatic heterocycles. The molecule has 0 saturated heterocycles. The zero-order valence-corrected chi connectivity index (χ0v) is 11.1. The Kier molecular flexibility index (Phi) is 3.65. The van der Waals surface area contributed by atoms with E-state index in [-0.39, 0.29) is 0 Å². The molecule has 0 unspecified atom stereocenters. The molecule has 0 aliphatic rings. The minimum absolute atomic E-state index is 0.761. The van der Waals surface area contributed by atoms with Gasteiger partial charge in [0.2, 0.25) is 0 Å².